The molecule has 0 saturated carbocycles. The summed E-state index contributed by atoms with van der Waals surface area (Å²) in [6, 6.07) is 5.93. The molecule has 2 aromatic rings. The van der Waals surface area contributed by atoms with Crippen LogP contribution in [0.4, 0.5) is 14.5 Å². The second-order valence-electron chi connectivity index (χ2n) is 6.15. The number of hydrogen-bond donors (Lipinski definition) is 1. The Labute approximate surface area is 225 Å². The lowest BCUT2D eigenvalue weighted by molar-refractivity contribution is -0.385. The van der Waals surface area contributed by atoms with Crippen LogP contribution >= 0.6 is 67.8 Å². The summed E-state index contributed by atoms with van der Waals surface area (Å²) in [5.41, 5.74) is -1.56. The summed E-state index contributed by atoms with van der Waals surface area (Å²) in [6.45, 7) is 0.474. The van der Waals surface area contributed by atoms with Crippen molar-refractivity contribution in [3.63, 3.8) is 0 Å². The van der Waals surface area contributed by atoms with Gasteiger partial charge in [0.15, 0.2) is 6.10 Å². The minimum atomic E-state index is -5.94. The molecule has 16 heteroatoms. The van der Waals surface area contributed by atoms with Gasteiger partial charge in [-0.05, 0) is 92.9 Å². The third-order valence-corrected chi connectivity index (χ3v) is 7.25. The van der Waals surface area contributed by atoms with Gasteiger partial charge in [0.25, 0.3) is 5.69 Å². The molecule has 0 spiro atoms. The van der Waals surface area contributed by atoms with E-state index >= 15 is 0 Å². The first-order chi connectivity index (χ1) is 15.1. The van der Waals surface area contributed by atoms with E-state index in [1.54, 1.807) is 12.1 Å². The van der Waals surface area contributed by atoms with E-state index in [4.69, 9.17) is 9.29 Å². The largest absolute Gasteiger partial charge is 0.451 e. The first-order valence-corrected chi connectivity index (χ1v) is 12.9. The number of alkyl halides is 2. The van der Waals surface area contributed by atoms with Crippen LogP contribution in [0.2, 0.25) is 0 Å². The van der Waals surface area contributed by atoms with Crippen molar-refractivity contribution in [1.29, 1.82) is 0 Å². The summed E-state index contributed by atoms with van der Waals surface area (Å²) in [6.07, 6.45) is -2.69. The highest BCUT2D eigenvalue weighted by Gasteiger charge is 2.52. The zero-order valence-electron chi connectivity index (χ0n) is 15.9. The van der Waals surface area contributed by atoms with Crippen LogP contribution in [0.15, 0.2) is 30.3 Å². The zero-order chi connectivity index (χ0) is 25.3. The van der Waals surface area contributed by atoms with Gasteiger partial charge in [-0.15, -0.1) is 0 Å². The second kappa shape index (κ2) is 10.6. The topological polar surface area (TPSA) is 150 Å². The molecule has 0 saturated heterocycles. The van der Waals surface area contributed by atoms with Crippen LogP contribution < -0.4 is 4.74 Å². The van der Waals surface area contributed by atoms with Crippen molar-refractivity contribution in [3.8, 4) is 5.75 Å². The monoisotopic (exact) mass is 823 g/mol. The number of benzene rings is 2. The van der Waals surface area contributed by atoms with Gasteiger partial charge in [0.1, 0.15) is 11.3 Å². The highest BCUT2D eigenvalue weighted by Crippen LogP contribution is 2.31. The number of nitrogens with zero attached hydrogens (tertiary/aromatic N) is 1. The maximum Gasteiger partial charge on any atom is 0.405 e. The predicted molar refractivity (Wildman–Crippen MR) is 134 cm³/mol. The highest BCUT2D eigenvalue weighted by atomic mass is 127. The van der Waals surface area contributed by atoms with Crippen molar-refractivity contribution in [2.75, 3.05) is 0 Å². The molecule has 1 atom stereocenters. The number of esters is 2. The van der Waals surface area contributed by atoms with E-state index in [-0.39, 0.29) is 11.3 Å². The summed E-state index contributed by atoms with van der Waals surface area (Å²) in [4.78, 5) is 35.2. The molecule has 1 N–H and O–H groups in total. The van der Waals surface area contributed by atoms with Gasteiger partial charge in [-0.25, -0.2) is 9.59 Å². The molecule has 0 aliphatic carbocycles. The molecular weight excluding hydrogens is 813 g/mol. The number of halogens is 5. The Morgan fingerprint density at radius 1 is 1.12 bits per heavy atom. The van der Waals surface area contributed by atoms with Crippen LogP contribution in [0.3, 0.4) is 0 Å². The summed E-state index contributed by atoms with van der Waals surface area (Å²) in [7, 11) is -5.94. The zero-order valence-corrected chi connectivity index (χ0v) is 23.2. The summed E-state index contributed by atoms with van der Waals surface area (Å²) < 4.78 is 69.1. The van der Waals surface area contributed by atoms with E-state index in [1.165, 1.54) is 0 Å². The standard InChI is InChI=1S/C17H10F2I3NO9S/c1-7(17(18,19)33(28,29)30)31-15(24)10-6-9(2-3-13(10)23(26)27)32-16(25)14-11(21)4-8(20)5-12(14)22/h2-7H,1H3,(H,28,29,30). The first-order valence-electron chi connectivity index (χ1n) is 8.27. The maximum atomic E-state index is 13.7. The average molecular weight is 823 g/mol. The Morgan fingerprint density at radius 2 is 1.67 bits per heavy atom. The van der Waals surface area contributed by atoms with E-state index in [1.807, 2.05) is 45.2 Å². The summed E-state index contributed by atoms with van der Waals surface area (Å²) >= 11 is 5.88. The van der Waals surface area contributed by atoms with Crippen molar-refractivity contribution < 1.29 is 45.7 Å². The first kappa shape index (κ1) is 28.0. The molecule has 178 valence electrons. The number of nitro groups is 1. The third-order valence-electron chi connectivity index (χ3n) is 3.91. The lowest BCUT2D eigenvalue weighted by Crippen LogP contribution is -2.42. The lowest BCUT2D eigenvalue weighted by Gasteiger charge is -2.20. The lowest BCUT2D eigenvalue weighted by atomic mass is 10.1. The van der Waals surface area contributed by atoms with Crippen molar-refractivity contribution in [2.24, 2.45) is 0 Å². The Morgan fingerprint density at radius 3 is 2.15 bits per heavy atom. The van der Waals surface area contributed by atoms with Gasteiger partial charge in [-0.1, -0.05) is 0 Å². The molecule has 10 nitrogen and oxygen atoms in total. The van der Waals surface area contributed by atoms with Crippen LogP contribution in [0, 0.1) is 20.8 Å². The minimum absolute atomic E-state index is 0.195. The van der Waals surface area contributed by atoms with E-state index in [9.17, 15) is 36.9 Å². The molecule has 0 heterocycles. The van der Waals surface area contributed by atoms with E-state index in [0.29, 0.717) is 14.1 Å². The number of hydrogen-bond acceptors (Lipinski definition) is 8. The quantitative estimate of drug-likeness (QED) is 0.105. The molecule has 2 rings (SSSR count). The van der Waals surface area contributed by atoms with E-state index in [0.717, 1.165) is 21.8 Å². The van der Waals surface area contributed by atoms with Crippen LogP contribution in [0.1, 0.15) is 27.6 Å². The van der Waals surface area contributed by atoms with Gasteiger partial charge in [0.05, 0.1) is 10.5 Å². The Hall–Kier alpha value is -1.26. The normalized spacial score (nSPS) is 12.7. The van der Waals surface area contributed by atoms with E-state index in [2.05, 4.69) is 27.3 Å². The molecule has 33 heavy (non-hydrogen) atoms. The van der Waals surface area contributed by atoms with Crippen LogP contribution in [0.25, 0.3) is 0 Å². The third kappa shape index (κ3) is 6.45. The molecule has 2 aromatic carbocycles. The molecule has 0 fully saturated rings. The summed E-state index contributed by atoms with van der Waals surface area (Å²) in [5, 5.41) is 6.37. The van der Waals surface area contributed by atoms with Gasteiger partial charge < -0.3 is 9.47 Å². The molecule has 0 amide bonds. The molecule has 0 aliphatic rings. The fourth-order valence-corrected chi connectivity index (χ4v) is 6.79. The SMILES string of the molecule is CC(OC(=O)c1cc(OC(=O)c2c(I)cc(I)cc2I)ccc1[N+](=O)[O-])C(F)(F)S(=O)(=O)O. The van der Waals surface area contributed by atoms with Crippen LogP contribution in [0.5, 0.6) is 5.75 Å². The summed E-state index contributed by atoms with van der Waals surface area (Å²) in [5.74, 6) is -2.88. The van der Waals surface area contributed by atoms with Gasteiger partial charge in [-0.3, -0.25) is 14.7 Å². The van der Waals surface area contributed by atoms with Gasteiger partial charge in [-0.2, -0.15) is 17.2 Å². The predicted octanol–water partition coefficient (Wildman–Crippen LogP) is 4.65. The highest BCUT2D eigenvalue weighted by molar-refractivity contribution is 14.1. The van der Waals surface area contributed by atoms with Gasteiger partial charge in [0.2, 0.25) is 0 Å². The fraction of sp³-hybridized carbons (Fsp3) is 0.176. The molecule has 0 bridgehead atoms. The molecule has 0 radical (unpaired) electrons. The Bertz CT molecular complexity index is 1230. The van der Waals surface area contributed by atoms with Crippen molar-refractivity contribution in [2.45, 2.75) is 18.3 Å². The van der Waals surface area contributed by atoms with Crippen molar-refractivity contribution in [3.05, 3.63) is 62.3 Å². The van der Waals surface area contributed by atoms with Crippen molar-refractivity contribution >= 4 is 95.5 Å². The maximum absolute atomic E-state index is 13.7. The molecule has 0 aliphatic heterocycles. The number of carbonyl (C=O) groups is 2. The molecular formula is C17H10F2I3NO9S. The number of carbonyl (C=O) groups excluding carboxylic acids is 2. The van der Waals surface area contributed by atoms with Crippen molar-refractivity contribution in [1.82, 2.24) is 0 Å². The number of rotatable bonds is 7. The molecule has 1 unspecified atom stereocenters. The molecule has 0 aromatic heterocycles. The van der Waals surface area contributed by atoms with Crippen LogP contribution in [-0.4, -0.2) is 41.2 Å². The number of nitro benzene ring substituents is 1. The van der Waals surface area contributed by atoms with Gasteiger partial charge in [0, 0.05) is 22.8 Å². The fourth-order valence-electron chi connectivity index (χ4n) is 2.30. The minimum Gasteiger partial charge on any atom is -0.451 e. The second-order valence-corrected chi connectivity index (χ2v) is 11.2. The Kier molecular flexibility index (Phi) is 8.95. The average Bonchev–Trinajstić information content (AvgIpc) is 2.65. The van der Waals surface area contributed by atoms with Gasteiger partial charge >= 0.3 is 27.3 Å². The van der Waals surface area contributed by atoms with E-state index < -0.39 is 49.6 Å². The van der Waals surface area contributed by atoms with Crippen LogP contribution in [-0.2, 0) is 14.9 Å². The smallest absolute Gasteiger partial charge is 0.405 e. The Balaban J connectivity index is 2.40. The number of ether oxygens (including phenoxy) is 2.